The summed E-state index contributed by atoms with van der Waals surface area (Å²) in [5.41, 5.74) is 0. The van der Waals surface area contributed by atoms with Crippen molar-refractivity contribution in [3.63, 3.8) is 0 Å². The van der Waals surface area contributed by atoms with Gasteiger partial charge < -0.3 is 0 Å². The van der Waals surface area contributed by atoms with E-state index >= 15 is 0 Å². The monoisotopic (exact) mass is 364 g/mol. The summed E-state index contributed by atoms with van der Waals surface area (Å²) in [6, 6.07) is 0. The van der Waals surface area contributed by atoms with Gasteiger partial charge in [0.1, 0.15) is 0 Å². The van der Waals surface area contributed by atoms with Crippen molar-refractivity contribution in [2.45, 2.75) is 148 Å². The molecule has 0 aliphatic heterocycles. The molecule has 0 aliphatic rings. The highest BCUT2D eigenvalue weighted by Gasteiger charge is 2.05. The molecule has 0 heterocycles. The van der Waals surface area contributed by atoms with Crippen molar-refractivity contribution in [1.29, 1.82) is 0 Å². The molecule has 0 saturated heterocycles. The predicted molar refractivity (Wildman–Crippen MR) is 121 cm³/mol. The molecule has 0 amide bonds. The highest BCUT2D eigenvalue weighted by atomic mass is 14.1. The van der Waals surface area contributed by atoms with E-state index in [4.69, 9.17) is 0 Å². The van der Waals surface area contributed by atoms with Crippen LogP contribution in [0.2, 0.25) is 0 Å². The van der Waals surface area contributed by atoms with Crippen LogP contribution in [0.15, 0.2) is 0 Å². The van der Waals surface area contributed by atoms with Crippen molar-refractivity contribution in [3.8, 4) is 0 Å². The van der Waals surface area contributed by atoms with E-state index in [1.165, 1.54) is 128 Å². The van der Waals surface area contributed by atoms with Crippen molar-refractivity contribution in [1.82, 2.24) is 0 Å². The highest BCUT2D eigenvalue weighted by molar-refractivity contribution is 4.59. The van der Waals surface area contributed by atoms with Crippen LogP contribution in [0.1, 0.15) is 148 Å². The summed E-state index contributed by atoms with van der Waals surface area (Å²) >= 11 is 0. The topological polar surface area (TPSA) is 0 Å². The van der Waals surface area contributed by atoms with Crippen molar-refractivity contribution in [3.05, 3.63) is 13.8 Å². The van der Waals surface area contributed by atoms with Crippen molar-refractivity contribution in [2.75, 3.05) is 0 Å². The van der Waals surface area contributed by atoms with Crippen LogP contribution in [0.5, 0.6) is 0 Å². The third-order valence-electron chi connectivity index (χ3n) is 6.05. The number of hydrogen-bond acceptors (Lipinski definition) is 0. The van der Waals surface area contributed by atoms with Gasteiger partial charge in [0, 0.05) is 0 Å². The highest BCUT2D eigenvalue weighted by Crippen LogP contribution is 2.22. The molecule has 156 valence electrons. The van der Waals surface area contributed by atoms with Crippen molar-refractivity contribution in [2.24, 2.45) is 5.92 Å². The van der Waals surface area contributed by atoms with Gasteiger partial charge in [-0.25, -0.2) is 0 Å². The van der Waals surface area contributed by atoms with E-state index in [-0.39, 0.29) is 0 Å². The summed E-state index contributed by atoms with van der Waals surface area (Å²) < 4.78 is 0. The van der Waals surface area contributed by atoms with Gasteiger partial charge in [0.25, 0.3) is 0 Å². The standard InChI is InChI=1S/C26H52/c1-4-7-9-11-13-15-17-19-21-23-25-26(6-3)24-22-20-18-16-14-12-10-8-5-2/h26H,1-2,4-25H2,3H3. The quantitative estimate of drug-likeness (QED) is 0.168. The van der Waals surface area contributed by atoms with E-state index in [1.807, 2.05) is 0 Å². The number of hydrogen-bond donors (Lipinski definition) is 0. The van der Waals surface area contributed by atoms with Crippen LogP contribution in [0, 0.1) is 19.8 Å². The first-order valence-corrected chi connectivity index (χ1v) is 12.4. The Kier molecular flexibility index (Phi) is 23.0. The summed E-state index contributed by atoms with van der Waals surface area (Å²) in [6.07, 6.45) is 31.1. The Hall–Kier alpha value is 0. The zero-order valence-electron chi connectivity index (χ0n) is 18.5. The summed E-state index contributed by atoms with van der Waals surface area (Å²) in [5.74, 6) is 1.01. The fourth-order valence-corrected chi connectivity index (χ4v) is 4.07. The molecule has 0 aromatic heterocycles. The van der Waals surface area contributed by atoms with E-state index < -0.39 is 0 Å². The molecule has 0 aromatic rings. The fraction of sp³-hybridized carbons (Fsp3) is 0.923. The smallest absolute Gasteiger partial charge is 0.0417 e. The van der Waals surface area contributed by atoms with E-state index in [9.17, 15) is 0 Å². The SMILES string of the molecule is [CH2]CCCCCCCCCCCC(CC)CCCCCCCCCC[CH2]. The first-order valence-electron chi connectivity index (χ1n) is 12.4. The van der Waals surface area contributed by atoms with Crippen LogP contribution < -0.4 is 0 Å². The molecule has 0 heteroatoms. The molecule has 0 N–H and O–H groups in total. The molecule has 1 unspecified atom stereocenters. The molecule has 2 radical (unpaired) electrons. The summed E-state index contributed by atoms with van der Waals surface area (Å²) in [7, 11) is 0. The van der Waals surface area contributed by atoms with Crippen LogP contribution in [0.4, 0.5) is 0 Å². The molecular weight excluding hydrogens is 312 g/mol. The van der Waals surface area contributed by atoms with E-state index in [0.29, 0.717) is 0 Å². The lowest BCUT2D eigenvalue weighted by Gasteiger charge is -2.14. The molecule has 0 saturated carbocycles. The van der Waals surface area contributed by atoms with E-state index in [1.54, 1.807) is 0 Å². The van der Waals surface area contributed by atoms with Gasteiger partial charge in [0.15, 0.2) is 0 Å². The summed E-state index contributed by atoms with van der Waals surface area (Å²) in [5, 5.41) is 0. The minimum Gasteiger partial charge on any atom is -0.0651 e. The molecule has 1 atom stereocenters. The number of unbranched alkanes of at least 4 members (excludes halogenated alkanes) is 17. The molecule has 26 heavy (non-hydrogen) atoms. The normalized spacial score (nSPS) is 12.6. The fourth-order valence-electron chi connectivity index (χ4n) is 4.07. The predicted octanol–water partition coefficient (Wildman–Crippen LogP) is 9.87. The van der Waals surface area contributed by atoms with Crippen LogP contribution in [0.3, 0.4) is 0 Å². The first-order chi connectivity index (χ1) is 12.8. The molecule has 0 bridgehead atoms. The number of rotatable bonds is 22. The molecule has 0 aromatic carbocycles. The second kappa shape index (κ2) is 23.0. The van der Waals surface area contributed by atoms with Gasteiger partial charge in [-0.05, 0) is 5.92 Å². The van der Waals surface area contributed by atoms with Gasteiger partial charge in [0.05, 0.1) is 0 Å². The van der Waals surface area contributed by atoms with Gasteiger partial charge >= 0.3 is 0 Å². The Morgan fingerprint density at radius 1 is 0.423 bits per heavy atom. The maximum atomic E-state index is 3.92. The van der Waals surface area contributed by atoms with Gasteiger partial charge in [-0.15, -0.1) is 0 Å². The molecule has 0 nitrogen and oxygen atoms in total. The Morgan fingerprint density at radius 3 is 0.962 bits per heavy atom. The average molecular weight is 365 g/mol. The van der Waals surface area contributed by atoms with Gasteiger partial charge in [-0.3, -0.25) is 0 Å². The Labute approximate surface area is 168 Å². The molecule has 0 aliphatic carbocycles. The van der Waals surface area contributed by atoms with Crippen molar-refractivity contribution >= 4 is 0 Å². The third kappa shape index (κ3) is 20.3. The summed E-state index contributed by atoms with van der Waals surface area (Å²) in [4.78, 5) is 0. The second-order valence-electron chi connectivity index (χ2n) is 8.57. The lowest BCUT2D eigenvalue weighted by atomic mass is 9.92. The van der Waals surface area contributed by atoms with Crippen molar-refractivity contribution < 1.29 is 0 Å². The zero-order valence-corrected chi connectivity index (χ0v) is 18.5. The Bertz CT molecular complexity index is 232. The average Bonchev–Trinajstić information content (AvgIpc) is 2.66. The molecular formula is C26H52. The van der Waals surface area contributed by atoms with Crippen LogP contribution in [-0.4, -0.2) is 0 Å². The van der Waals surface area contributed by atoms with Gasteiger partial charge in [0.2, 0.25) is 0 Å². The van der Waals surface area contributed by atoms with Crippen LogP contribution in [-0.2, 0) is 0 Å². The largest absolute Gasteiger partial charge is 0.0651 e. The van der Waals surface area contributed by atoms with Crippen LogP contribution in [0.25, 0.3) is 0 Å². The maximum Gasteiger partial charge on any atom is -0.0417 e. The zero-order chi connectivity index (χ0) is 19.1. The van der Waals surface area contributed by atoms with Gasteiger partial charge in [-0.2, -0.15) is 0 Å². The molecule has 0 fully saturated rings. The third-order valence-corrected chi connectivity index (χ3v) is 6.05. The lowest BCUT2D eigenvalue weighted by Crippen LogP contribution is -1.99. The van der Waals surface area contributed by atoms with E-state index in [2.05, 4.69) is 20.8 Å². The minimum absolute atomic E-state index is 1.01. The second-order valence-corrected chi connectivity index (χ2v) is 8.57. The Morgan fingerprint density at radius 2 is 0.692 bits per heavy atom. The minimum atomic E-state index is 1.01. The molecule has 0 rings (SSSR count). The lowest BCUT2D eigenvalue weighted by molar-refractivity contribution is 0.392. The van der Waals surface area contributed by atoms with Crippen LogP contribution >= 0.6 is 0 Å². The Balaban J connectivity index is 3.28. The maximum absolute atomic E-state index is 3.92. The molecule has 0 spiro atoms. The first kappa shape index (κ1) is 26.0. The van der Waals surface area contributed by atoms with E-state index in [0.717, 1.165) is 18.8 Å². The van der Waals surface area contributed by atoms with Gasteiger partial charge in [-0.1, -0.05) is 162 Å². The summed E-state index contributed by atoms with van der Waals surface area (Å²) in [6.45, 7) is 10.2.